The fourth-order valence-corrected chi connectivity index (χ4v) is 3.28. The van der Waals surface area contributed by atoms with Crippen LogP contribution in [0.4, 0.5) is 4.79 Å². The van der Waals surface area contributed by atoms with Crippen molar-refractivity contribution in [1.29, 1.82) is 0 Å². The summed E-state index contributed by atoms with van der Waals surface area (Å²) in [6.45, 7) is 8.20. The number of carbonyl (C=O) groups is 1. The van der Waals surface area contributed by atoms with E-state index in [0.29, 0.717) is 31.6 Å². The molecule has 1 aromatic rings. The lowest BCUT2D eigenvalue weighted by atomic mass is 10.1. The van der Waals surface area contributed by atoms with Crippen molar-refractivity contribution in [2.45, 2.75) is 58.2 Å². The first-order valence-electron chi connectivity index (χ1n) is 9.14. The van der Waals surface area contributed by atoms with Gasteiger partial charge in [0.25, 0.3) is 0 Å². The maximum Gasteiger partial charge on any atom is 0.410 e. The molecule has 1 atom stereocenters. The van der Waals surface area contributed by atoms with Gasteiger partial charge >= 0.3 is 12.1 Å². The predicted molar refractivity (Wildman–Crippen MR) is 95.5 cm³/mol. The first-order valence-corrected chi connectivity index (χ1v) is 9.14. The lowest BCUT2D eigenvalue weighted by molar-refractivity contribution is 0.0183. The summed E-state index contributed by atoms with van der Waals surface area (Å²) in [5.74, 6) is 0.571. The van der Waals surface area contributed by atoms with Crippen molar-refractivity contribution in [3.8, 4) is 11.9 Å². The van der Waals surface area contributed by atoms with E-state index in [1.807, 2.05) is 20.8 Å². The van der Waals surface area contributed by atoms with Crippen LogP contribution in [0.15, 0.2) is 0 Å². The third-order valence-corrected chi connectivity index (χ3v) is 4.48. The Kier molecular flexibility index (Phi) is 5.50. The molecule has 3 rings (SSSR count). The Labute approximate surface area is 154 Å². The van der Waals surface area contributed by atoms with Crippen LogP contribution < -0.4 is 14.8 Å². The number of nitrogens with zero attached hydrogens (tertiary/aromatic N) is 3. The lowest BCUT2D eigenvalue weighted by Crippen LogP contribution is -2.42. The Bertz CT molecular complexity index is 642. The second-order valence-electron chi connectivity index (χ2n) is 7.65. The third kappa shape index (κ3) is 4.35. The predicted octanol–water partition coefficient (Wildman–Crippen LogP) is 1.91. The minimum absolute atomic E-state index is 0.0337. The van der Waals surface area contributed by atoms with Gasteiger partial charge in [0.2, 0.25) is 5.88 Å². The van der Waals surface area contributed by atoms with Gasteiger partial charge in [-0.05, 0) is 46.6 Å². The quantitative estimate of drug-likeness (QED) is 0.873. The molecule has 0 bridgehead atoms. The Hall–Kier alpha value is -2.09. The van der Waals surface area contributed by atoms with Crippen LogP contribution in [-0.4, -0.2) is 59.4 Å². The molecule has 0 aromatic carbocycles. The Balaban J connectivity index is 1.65. The van der Waals surface area contributed by atoms with E-state index in [9.17, 15) is 4.79 Å². The summed E-state index contributed by atoms with van der Waals surface area (Å²) in [4.78, 5) is 23.0. The number of ether oxygens (including phenoxy) is 3. The van der Waals surface area contributed by atoms with Gasteiger partial charge in [0.1, 0.15) is 12.2 Å². The number of fused-ring (bicyclic) bond motifs is 1. The van der Waals surface area contributed by atoms with Crippen molar-refractivity contribution in [3.63, 3.8) is 0 Å². The van der Waals surface area contributed by atoms with Crippen LogP contribution in [0.1, 0.15) is 44.9 Å². The Morgan fingerprint density at radius 1 is 1.35 bits per heavy atom. The molecule has 1 N–H and O–H groups in total. The van der Waals surface area contributed by atoms with Gasteiger partial charge in [0.15, 0.2) is 0 Å². The van der Waals surface area contributed by atoms with Gasteiger partial charge in [0, 0.05) is 18.7 Å². The molecule has 2 aliphatic rings. The van der Waals surface area contributed by atoms with Crippen molar-refractivity contribution in [3.05, 3.63) is 11.3 Å². The van der Waals surface area contributed by atoms with E-state index in [0.717, 1.165) is 37.1 Å². The number of nitrogens with one attached hydrogen (secondary N) is 1. The largest absolute Gasteiger partial charge is 0.481 e. The molecule has 8 nitrogen and oxygen atoms in total. The number of rotatable bonds is 4. The van der Waals surface area contributed by atoms with E-state index in [1.54, 1.807) is 12.0 Å². The molecule has 1 amide bonds. The van der Waals surface area contributed by atoms with Crippen LogP contribution >= 0.6 is 0 Å². The molecule has 0 radical (unpaired) electrons. The highest BCUT2D eigenvalue weighted by molar-refractivity contribution is 5.69. The molecule has 0 saturated carbocycles. The number of aromatic nitrogens is 2. The highest BCUT2D eigenvalue weighted by atomic mass is 16.6. The van der Waals surface area contributed by atoms with Gasteiger partial charge in [-0.25, -0.2) is 4.79 Å². The summed E-state index contributed by atoms with van der Waals surface area (Å²) < 4.78 is 16.7. The van der Waals surface area contributed by atoms with E-state index in [1.165, 1.54) is 0 Å². The third-order valence-electron chi connectivity index (χ3n) is 4.48. The van der Waals surface area contributed by atoms with Crippen LogP contribution in [-0.2, 0) is 17.7 Å². The molecule has 1 aromatic heterocycles. The minimum atomic E-state index is -0.507. The zero-order chi connectivity index (χ0) is 18.7. The second kappa shape index (κ2) is 7.65. The summed E-state index contributed by atoms with van der Waals surface area (Å²) >= 11 is 0. The number of carbonyl (C=O) groups excluding carboxylic acids is 1. The van der Waals surface area contributed by atoms with Gasteiger partial charge < -0.3 is 24.4 Å². The summed E-state index contributed by atoms with van der Waals surface area (Å²) in [5.41, 5.74) is 1.44. The highest BCUT2D eigenvalue weighted by Crippen LogP contribution is 2.26. The zero-order valence-corrected chi connectivity index (χ0v) is 16.0. The van der Waals surface area contributed by atoms with Crippen molar-refractivity contribution in [1.82, 2.24) is 20.2 Å². The second-order valence-corrected chi connectivity index (χ2v) is 7.65. The Morgan fingerprint density at radius 2 is 2.15 bits per heavy atom. The SMILES string of the molecule is COc1nc(OC[C@@H]2CCCN2C(=O)OC(C)(C)C)nc2c1CCNC2. The first kappa shape index (κ1) is 18.7. The van der Waals surface area contributed by atoms with Gasteiger partial charge in [-0.1, -0.05) is 0 Å². The average Bonchev–Trinajstić information content (AvgIpc) is 3.06. The van der Waals surface area contributed by atoms with E-state index in [4.69, 9.17) is 14.2 Å². The number of methoxy groups -OCH3 is 1. The molecule has 0 spiro atoms. The molecule has 2 aliphatic heterocycles. The smallest absolute Gasteiger partial charge is 0.410 e. The van der Waals surface area contributed by atoms with Crippen LogP contribution in [0.2, 0.25) is 0 Å². The number of amides is 1. The lowest BCUT2D eigenvalue weighted by Gasteiger charge is -2.28. The molecule has 26 heavy (non-hydrogen) atoms. The summed E-state index contributed by atoms with van der Waals surface area (Å²) in [6, 6.07) is 0.258. The fourth-order valence-electron chi connectivity index (χ4n) is 3.28. The maximum absolute atomic E-state index is 12.4. The molecule has 0 unspecified atom stereocenters. The van der Waals surface area contributed by atoms with E-state index in [2.05, 4.69) is 15.3 Å². The summed E-state index contributed by atoms with van der Waals surface area (Å²) in [7, 11) is 1.61. The van der Waals surface area contributed by atoms with Gasteiger partial charge in [-0.2, -0.15) is 9.97 Å². The highest BCUT2D eigenvalue weighted by Gasteiger charge is 2.33. The summed E-state index contributed by atoms with van der Waals surface area (Å²) in [5, 5.41) is 3.29. The zero-order valence-electron chi connectivity index (χ0n) is 16.0. The molecule has 0 aliphatic carbocycles. The van der Waals surface area contributed by atoms with E-state index < -0.39 is 5.60 Å². The molecule has 3 heterocycles. The minimum Gasteiger partial charge on any atom is -0.481 e. The Morgan fingerprint density at radius 3 is 2.88 bits per heavy atom. The number of hydrogen-bond acceptors (Lipinski definition) is 7. The average molecular weight is 364 g/mol. The van der Waals surface area contributed by atoms with E-state index in [-0.39, 0.29) is 12.1 Å². The summed E-state index contributed by atoms with van der Waals surface area (Å²) in [6.07, 6.45) is 2.36. The van der Waals surface area contributed by atoms with Crippen LogP contribution in [0.25, 0.3) is 0 Å². The molecular formula is C18H28N4O4. The molecule has 8 heteroatoms. The van der Waals surface area contributed by atoms with Gasteiger partial charge in [0.05, 0.1) is 18.8 Å². The fraction of sp³-hybridized carbons (Fsp3) is 0.722. The monoisotopic (exact) mass is 364 g/mol. The van der Waals surface area contributed by atoms with Crippen molar-refractivity contribution in [2.24, 2.45) is 0 Å². The van der Waals surface area contributed by atoms with Crippen molar-refractivity contribution < 1.29 is 19.0 Å². The molecule has 1 saturated heterocycles. The van der Waals surface area contributed by atoms with Gasteiger partial charge in [-0.15, -0.1) is 0 Å². The first-order chi connectivity index (χ1) is 12.4. The molecular weight excluding hydrogens is 336 g/mol. The maximum atomic E-state index is 12.4. The van der Waals surface area contributed by atoms with Crippen molar-refractivity contribution >= 4 is 6.09 Å². The standard InChI is InChI=1S/C18H28N4O4/c1-18(2,3)26-17(23)22-9-5-6-12(22)11-25-16-20-14-10-19-8-7-13(14)15(21-16)24-4/h12,19H,5-11H2,1-4H3/t12-/m0/s1. The van der Waals surface area contributed by atoms with Crippen LogP contribution in [0, 0.1) is 0 Å². The van der Waals surface area contributed by atoms with Crippen LogP contribution in [0.5, 0.6) is 11.9 Å². The topological polar surface area (TPSA) is 85.8 Å². The normalized spacial score (nSPS) is 19.8. The van der Waals surface area contributed by atoms with Gasteiger partial charge in [-0.3, -0.25) is 0 Å². The number of likely N-dealkylation sites (tertiary alicyclic amines) is 1. The molecule has 1 fully saturated rings. The van der Waals surface area contributed by atoms with Crippen LogP contribution in [0.3, 0.4) is 0 Å². The number of hydrogen-bond donors (Lipinski definition) is 1. The van der Waals surface area contributed by atoms with E-state index >= 15 is 0 Å². The molecule has 144 valence electrons. The van der Waals surface area contributed by atoms with Crippen molar-refractivity contribution in [2.75, 3.05) is 26.8 Å².